The molecule has 4 nitrogen and oxygen atoms in total. The fraction of sp³-hybridized carbons (Fsp3) is 0.727. The van der Waals surface area contributed by atoms with Crippen molar-refractivity contribution in [3.8, 4) is 0 Å². The van der Waals surface area contributed by atoms with Crippen LogP contribution in [0.3, 0.4) is 0 Å². The largest absolute Gasteiger partial charge is 0.399 e. The molecule has 0 atom stereocenters. The van der Waals surface area contributed by atoms with Gasteiger partial charge in [0.1, 0.15) is 0 Å². The van der Waals surface area contributed by atoms with Crippen molar-refractivity contribution < 1.29 is 4.48 Å². The monoisotopic (exact) mass is 391 g/mol. The number of hydrogen-bond donors (Lipinski definition) is 1. The molecule has 1 saturated heterocycles. The maximum absolute atomic E-state index is 5.98. The second kappa shape index (κ2) is 9.44. The first-order valence-corrected chi connectivity index (χ1v) is 14.4. The number of nitrogens with zero attached hydrogens (tertiary/aromatic N) is 3. The number of quaternary nitrogens is 1. The summed E-state index contributed by atoms with van der Waals surface area (Å²) in [5.41, 5.74) is 9.39. The number of nitrogen functional groups attached to an aromatic ring is 1. The third-order valence-electron chi connectivity index (χ3n) is 5.92. The molecule has 2 N–H and O–H groups in total. The highest BCUT2D eigenvalue weighted by Gasteiger charge is 2.21. The zero-order valence-electron chi connectivity index (χ0n) is 18.7. The Hall–Kier alpha value is -1.04. The van der Waals surface area contributed by atoms with Crippen LogP contribution in [0, 0.1) is 6.92 Å². The van der Waals surface area contributed by atoms with Crippen LogP contribution >= 0.6 is 0 Å². The molecule has 1 aliphatic heterocycles. The van der Waals surface area contributed by atoms with Crippen LogP contribution in [0.5, 0.6) is 0 Å². The van der Waals surface area contributed by atoms with Crippen LogP contribution in [0.1, 0.15) is 18.4 Å². The van der Waals surface area contributed by atoms with Crippen LogP contribution < -0.4 is 10.6 Å². The number of aryl methyl sites for hydroxylation is 1. The van der Waals surface area contributed by atoms with Crippen molar-refractivity contribution in [3.63, 3.8) is 0 Å². The molecule has 1 heterocycles. The molecule has 0 amide bonds. The standard InChI is InChI=1S/C22H43N4Si/c1-20-19-21(9-10-22(20)23)25-12-7-11-24(13-14-25)15-17-26(2,3)16-8-18-27(4,5)6/h9-10,19H,7-8,11-18,23H2,1-6H3/q+1. The second-order valence-corrected chi connectivity index (χ2v) is 15.9. The van der Waals surface area contributed by atoms with E-state index in [1.54, 1.807) is 0 Å². The number of likely N-dealkylation sites (N-methyl/N-ethyl adjacent to an activating group) is 1. The zero-order chi connectivity index (χ0) is 20.1. The van der Waals surface area contributed by atoms with Crippen LogP contribution in [-0.2, 0) is 0 Å². The summed E-state index contributed by atoms with van der Waals surface area (Å²) in [5, 5.41) is 0. The molecule has 154 valence electrons. The quantitative estimate of drug-likeness (QED) is 0.414. The molecule has 0 bridgehead atoms. The molecule has 5 heteroatoms. The minimum absolute atomic E-state index is 0.893. The van der Waals surface area contributed by atoms with Gasteiger partial charge in [-0.15, -0.1) is 0 Å². The lowest BCUT2D eigenvalue weighted by Crippen LogP contribution is -2.47. The van der Waals surface area contributed by atoms with Crippen molar-refractivity contribution in [2.75, 3.05) is 70.5 Å². The Labute approximate surface area is 168 Å². The number of hydrogen-bond acceptors (Lipinski definition) is 3. The zero-order valence-corrected chi connectivity index (χ0v) is 19.7. The molecule has 1 aliphatic rings. The van der Waals surface area contributed by atoms with E-state index in [0.29, 0.717) is 0 Å². The van der Waals surface area contributed by atoms with Gasteiger partial charge in [0, 0.05) is 52.2 Å². The Bertz CT molecular complexity index is 594. The van der Waals surface area contributed by atoms with Gasteiger partial charge >= 0.3 is 0 Å². The van der Waals surface area contributed by atoms with E-state index in [-0.39, 0.29) is 0 Å². The third-order valence-corrected chi connectivity index (χ3v) is 7.77. The van der Waals surface area contributed by atoms with Crippen molar-refractivity contribution in [1.82, 2.24) is 4.90 Å². The summed E-state index contributed by atoms with van der Waals surface area (Å²) in [4.78, 5) is 5.20. The van der Waals surface area contributed by atoms with E-state index in [1.165, 1.54) is 62.9 Å². The van der Waals surface area contributed by atoms with Gasteiger partial charge in [-0.3, -0.25) is 4.90 Å². The normalized spacial score (nSPS) is 17.2. The minimum Gasteiger partial charge on any atom is -0.399 e. The topological polar surface area (TPSA) is 32.5 Å². The van der Waals surface area contributed by atoms with Gasteiger partial charge in [0.05, 0.1) is 27.2 Å². The Balaban J connectivity index is 1.79. The number of rotatable bonds is 8. The smallest absolute Gasteiger partial charge is 0.0911 e. The molecular weight excluding hydrogens is 348 g/mol. The molecule has 1 aromatic rings. The van der Waals surface area contributed by atoms with Crippen molar-refractivity contribution in [3.05, 3.63) is 23.8 Å². The molecule has 0 spiro atoms. The van der Waals surface area contributed by atoms with E-state index in [0.717, 1.165) is 23.3 Å². The molecular formula is C22H43N4Si+. The lowest BCUT2D eigenvalue weighted by atomic mass is 10.1. The van der Waals surface area contributed by atoms with E-state index in [9.17, 15) is 0 Å². The Morgan fingerprint density at radius 2 is 1.78 bits per heavy atom. The highest BCUT2D eigenvalue weighted by molar-refractivity contribution is 6.76. The molecule has 0 radical (unpaired) electrons. The van der Waals surface area contributed by atoms with E-state index in [4.69, 9.17) is 5.73 Å². The van der Waals surface area contributed by atoms with Gasteiger partial charge in [-0.05, 0) is 43.5 Å². The van der Waals surface area contributed by atoms with Gasteiger partial charge in [0.2, 0.25) is 0 Å². The summed E-state index contributed by atoms with van der Waals surface area (Å²) < 4.78 is 1.15. The second-order valence-electron chi connectivity index (χ2n) is 10.3. The fourth-order valence-corrected chi connectivity index (χ4v) is 5.09. The van der Waals surface area contributed by atoms with Crippen LogP contribution in [0.25, 0.3) is 0 Å². The Kier molecular flexibility index (Phi) is 7.78. The van der Waals surface area contributed by atoms with E-state index >= 15 is 0 Å². The van der Waals surface area contributed by atoms with E-state index < -0.39 is 8.07 Å². The Morgan fingerprint density at radius 3 is 2.44 bits per heavy atom. The van der Waals surface area contributed by atoms with E-state index in [1.807, 2.05) is 6.07 Å². The molecule has 1 fully saturated rings. The molecule has 0 saturated carbocycles. The van der Waals surface area contributed by atoms with Gasteiger partial charge in [0.25, 0.3) is 0 Å². The number of nitrogens with two attached hydrogens (primary N) is 1. The SMILES string of the molecule is Cc1cc(N2CCCN(CC[N+](C)(C)CCC[Si](C)(C)C)CC2)ccc1N. The molecule has 1 aromatic carbocycles. The first-order valence-electron chi connectivity index (χ1n) is 10.7. The highest BCUT2D eigenvalue weighted by atomic mass is 28.3. The summed E-state index contributed by atoms with van der Waals surface area (Å²) in [6.45, 7) is 18.0. The predicted octanol–water partition coefficient (Wildman–Crippen LogP) is 3.89. The minimum atomic E-state index is -0.900. The summed E-state index contributed by atoms with van der Waals surface area (Å²) in [6, 6.07) is 7.92. The first-order chi connectivity index (χ1) is 12.6. The van der Waals surface area contributed by atoms with E-state index in [2.05, 4.69) is 62.6 Å². The lowest BCUT2D eigenvalue weighted by molar-refractivity contribution is -0.889. The highest BCUT2D eigenvalue weighted by Crippen LogP contribution is 2.22. The average Bonchev–Trinajstić information content (AvgIpc) is 2.80. The fourth-order valence-electron chi connectivity index (χ4n) is 3.87. The summed E-state index contributed by atoms with van der Waals surface area (Å²) >= 11 is 0. The molecule has 0 aromatic heterocycles. The predicted molar refractivity (Wildman–Crippen MR) is 123 cm³/mol. The van der Waals surface area contributed by atoms with Crippen LogP contribution in [0.2, 0.25) is 25.7 Å². The van der Waals surface area contributed by atoms with Crippen molar-refractivity contribution in [2.45, 2.75) is 45.5 Å². The third kappa shape index (κ3) is 7.84. The van der Waals surface area contributed by atoms with Crippen LogP contribution in [0.4, 0.5) is 11.4 Å². The van der Waals surface area contributed by atoms with Gasteiger partial charge in [-0.1, -0.05) is 25.7 Å². The molecule has 27 heavy (non-hydrogen) atoms. The summed E-state index contributed by atoms with van der Waals surface area (Å²) in [6.07, 6.45) is 2.62. The summed E-state index contributed by atoms with van der Waals surface area (Å²) in [5.74, 6) is 0. The molecule has 2 rings (SSSR count). The maximum atomic E-state index is 5.98. The van der Waals surface area contributed by atoms with Crippen LogP contribution in [0.15, 0.2) is 18.2 Å². The maximum Gasteiger partial charge on any atom is 0.0911 e. The van der Waals surface area contributed by atoms with Crippen molar-refractivity contribution in [1.29, 1.82) is 0 Å². The van der Waals surface area contributed by atoms with Crippen LogP contribution in [-0.4, -0.2) is 77.4 Å². The van der Waals surface area contributed by atoms with Gasteiger partial charge < -0.3 is 15.1 Å². The van der Waals surface area contributed by atoms with Crippen molar-refractivity contribution >= 4 is 19.4 Å². The summed E-state index contributed by atoms with van der Waals surface area (Å²) in [7, 11) is 3.92. The lowest BCUT2D eigenvalue weighted by Gasteiger charge is -2.33. The van der Waals surface area contributed by atoms with Crippen molar-refractivity contribution in [2.24, 2.45) is 0 Å². The number of benzene rings is 1. The average molecular weight is 392 g/mol. The van der Waals surface area contributed by atoms with Gasteiger partial charge in [-0.2, -0.15) is 0 Å². The molecule has 0 unspecified atom stereocenters. The van der Waals surface area contributed by atoms with Gasteiger partial charge in [-0.25, -0.2) is 0 Å². The Morgan fingerprint density at radius 1 is 1.04 bits per heavy atom. The number of anilines is 2. The first kappa shape index (κ1) is 22.2. The molecule has 0 aliphatic carbocycles. The van der Waals surface area contributed by atoms with Gasteiger partial charge in [0.15, 0.2) is 0 Å².